The van der Waals surface area contributed by atoms with Crippen LogP contribution in [0.25, 0.3) is 18.2 Å². The summed E-state index contributed by atoms with van der Waals surface area (Å²) in [5, 5.41) is 0. The van der Waals surface area contributed by atoms with Gasteiger partial charge in [0.05, 0.1) is 4.90 Å². The quantitative estimate of drug-likeness (QED) is 0.305. The summed E-state index contributed by atoms with van der Waals surface area (Å²) in [4.78, 5) is -0.137. The second kappa shape index (κ2) is 11.9. The molecule has 0 heterocycles. The topological polar surface area (TPSA) is 54.4 Å². The smallest absolute Gasteiger partial charge is 0.282 e. The maximum Gasteiger partial charge on any atom is 0.294 e. The molecular formula is C22H32O3S. The monoisotopic (exact) mass is 376 g/mol. The summed E-state index contributed by atoms with van der Waals surface area (Å²) in [5.41, 5.74) is 2.21. The van der Waals surface area contributed by atoms with Crippen LogP contribution in [0.1, 0.15) is 81.4 Å². The Bertz CT molecular complexity index is 686. The van der Waals surface area contributed by atoms with Crippen molar-refractivity contribution in [1.82, 2.24) is 0 Å². The minimum atomic E-state index is -4.25. The highest BCUT2D eigenvalue weighted by molar-refractivity contribution is 7.85. The van der Waals surface area contributed by atoms with Crippen molar-refractivity contribution < 1.29 is 13.0 Å². The van der Waals surface area contributed by atoms with E-state index in [1.807, 2.05) is 6.08 Å². The normalized spacial score (nSPS) is 11.8. The molecule has 0 atom stereocenters. The molecule has 0 bridgehead atoms. The van der Waals surface area contributed by atoms with Gasteiger partial charge in [-0.25, -0.2) is 0 Å². The average Bonchev–Trinajstić information content (AvgIpc) is 2.61. The molecule has 0 aliphatic heterocycles. The zero-order chi connectivity index (χ0) is 19.4. The summed E-state index contributed by atoms with van der Waals surface area (Å²) in [6.07, 6.45) is 18.6. The molecule has 3 nitrogen and oxygen atoms in total. The summed E-state index contributed by atoms with van der Waals surface area (Å²) >= 11 is 0. The van der Waals surface area contributed by atoms with Gasteiger partial charge in [0.15, 0.2) is 0 Å². The van der Waals surface area contributed by atoms with E-state index in [0.717, 1.165) is 18.4 Å². The third kappa shape index (κ3) is 7.71. The maximum absolute atomic E-state index is 11.4. The lowest BCUT2D eigenvalue weighted by Crippen LogP contribution is -2.00. The Labute approximate surface area is 159 Å². The number of hydrogen-bond donors (Lipinski definition) is 1. The Kier molecular flexibility index (Phi) is 10.2. The lowest BCUT2D eigenvalue weighted by atomic mass is 9.99. The number of hydrogen-bond acceptors (Lipinski definition) is 2. The van der Waals surface area contributed by atoms with Gasteiger partial charge in [-0.15, -0.1) is 0 Å². The third-order valence-electron chi connectivity index (χ3n) is 4.46. The summed E-state index contributed by atoms with van der Waals surface area (Å²) in [5.74, 6) is 0. The van der Waals surface area contributed by atoms with Gasteiger partial charge in [0, 0.05) is 0 Å². The van der Waals surface area contributed by atoms with E-state index in [1.165, 1.54) is 57.1 Å². The minimum Gasteiger partial charge on any atom is -0.282 e. The Morgan fingerprint density at radius 3 is 1.88 bits per heavy atom. The van der Waals surface area contributed by atoms with Crippen molar-refractivity contribution in [2.24, 2.45) is 0 Å². The molecule has 0 aliphatic carbocycles. The standard InChI is InChI=1S/C22H32O3S/c1-4-7-8-9-10-11-12-13-14-15-16-22-19(5-2)17-21(26(23,24)25)18-20(22)6-3/h5-6,15-18H,2-4,7-14H2,1H3,(H,23,24,25). The van der Waals surface area contributed by atoms with Crippen LogP contribution in [0.3, 0.4) is 0 Å². The summed E-state index contributed by atoms with van der Waals surface area (Å²) < 4.78 is 32.1. The fraction of sp³-hybridized carbons (Fsp3) is 0.455. The molecule has 1 rings (SSSR count). The molecule has 1 N–H and O–H groups in total. The van der Waals surface area contributed by atoms with Crippen LogP contribution in [0.5, 0.6) is 0 Å². The van der Waals surface area contributed by atoms with E-state index in [1.54, 1.807) is 12.2 Å². The van der Waals surface area contributed by atoms with Gasteiger partial charge < -0.3 is 0 Å². The molecule has 0 radical (unpaired) electrons. The Morgan fingerprint density at radius 2 is 1.42 bits per heavy atom. The van der Waals surface area contributed by atoms with Crippen LogP contribution in [0, 0.1) is 0 Å². The summed E-state index contributed by atoms with van der Waals surface area (Å²) in [7, 11) is -4.25. The van der Waals surface area contributed by atoms with Crippen LogP contribution in [-0.2, 0) is 10.1 Å². The summed E-state index contributed by atoms with van der Waals surface area (Å²) in [6, 6.07) is 2.87. The van der Waals surface area contributed by atoms with Gasteiger partial charge in [-0.3, -0.25) is 4.55 Å². The first-order valence-corrected chi connectivity index (χ1v) is 10.9. The minimum absolute atomic E-state index is 0.137. The molecule has 0 aliphatic rings. The molecule has 0 amide bonds. The second-order valence-electron chi connectivity index (χ2n) is 6.56. The first-order chi connectivity index (χ1) is 12.4. The average molecular weight is 377 g/mol. The number of rotatable bonds is 13. The van der Waals surface area contributed by atoms with Gasteiger partial charge in [0.2, 0.25) is 0 Å². The van der Waals surface area contributed by atoms with Crippen molar-refractivity contribution in [3.8, 4) is 0 Å². The Morgan fingerprint density at radius 1 is 0.923 bits per heavy atom. The first kappa shape index (κ1) is 22.4. The number of allylic oxidation sites excluding steroid dienone is 1. The molecule has 0 spiro atoms. The fourth-order valence-electron chi connectivity index (χ4n) is 2.95. The van der Waals surface area contributed by atoms with Crippen LogP contribution in [0.2, 0.25) is 0 Å². The zero-order valence-corrected chi connectivity index (χ0v) is 16.7. The van der Waals surface area contributed by atoms with Crippen molar-refractivity contribution in [3.63, 3.8) is 0 Å². The van der Waals surface area contributed by atoms with E-state index >= 15 is 0 Å². The van der Waals surface area contributed by atoms with Gasteiger partial charge in [0.25, 0.3) is 10.1 Å². The maximum atomic E-state index is 11.4. The van der Waals surface area contributed by atoms with E-state index < -0.39 is 10.1 Å². The highest BCUT2D eigenvalue weighted by Gasteiger charge is 2.13. The van der Waals surface area contributed by atoms with Crippen LogP contribution < -0.4 is 0 Å². The van der Waals surface area contributed by atoms with Crippen LogP contribution in [0.15, 0.2) is 36.3 Å². The molecule has 0 fully saturated rings. The molecular weight excluding hydrogens is 344 g/mol. The van der Waals surface area contributed by atoms with Gasteiger partial charge in [-0.2, -0.15) is 8.42 Å². The molecule has 0 saturated heterocycles. The predicted molar refractivity (Wildman–Crippen MR) is 113 cm³/mol. The number of unbranched alkanes of at least 4 members (excludes halogenated alkanes) is 8. The summed E-state index contributed by atoms with van der Waals surface area (Å²) in [6.45, 7) is 9.72. The van der Waals surface area contributed by atoms with Crippen LogP contribution in [0.4, 0.5) is 0 Å². The van der Waals surface area contributed by atoms with Crippen molar-refractivity contribution in [3.05, 3.63) is 48.1 Å². The van der Waals surface area contributed by atoms with Crippen LogP contribution >= 0.6 is 0 Å². The highest BCUT2D eigenvalue weighted by Crippen LogP contribution is 2.25. The van der Waals surface area contributed by atoms with Gasteiger partial charge in [-0.05, 0) is 41.7 Å². The SMILES string of the molecule is C=Cc1cc(S(=O)(=O)O)cc(C=C)c1C=CCCCCCCCCCC. The second-order valence-corrected chi connectivity index (χ2v) is 7.99. The molecule has 26 heavy (non-hydrogen) atoms. The van der Waals surface area contributed by atoms with Gasteiger partial charge in [0.1, 0.15) is 0 Å². The molecule has 4 heteroatoms. The first-order valence-electron chi connectivity index (χ1n) is 9.51. The highest BCUT2D eigenvalue weighted by atomic mass is 32.2. The third-order valence-corrected chi connectivity index (χ3v) is 5.30. The Balaban J connectivity index is 2.62. The fourth-order valence-corrected chi connectivity index (χ4v) is 3.50. The predicted octanol–water partition coefficient (Wildman–Crippen LogP) is 6.76. The lowest BCUT2D eigenvalue weighted by molar-refractivity contribution is 0.483. The van der Waals surface area contributed by atoms with Gasteiger partial charge >= 0.3 is 0 Å². The molecule has 0 saturated carbocycles. The lowest BCUT2D eigenvalue weighted by Gasteiger charge is -2.09. The van der Waals surface area contributed by atoms with Crippen LogP contribution in [-0.4, -0.2) is 13.0 Å². The van der Waals surface area contributed by atoms with E-state index in [2.05, 4.69) is 26.2 Å². The molecule has 0 unspecified atom stereocenters. The van der Waals surface area contributed by atoms with Crippen molar-refractivity contribution in [1.29, 1.82) is 0 Å². The van der Waals surface area contributed by atoms with Crippen molar-refractivity contribution >= 4 is 28.3 Å². The van der Waals surface area contributed by atoms with E-state index in [4.69, 9.17) is 0 Å². The van der Waals surface area contributed by atoms with Crippen molar-refractivity contribution in [2.45, 2.75) is 69.6 Å². The largest absolute Gasteiger partial charge is 0.294 e. The molecule has 1 aromatic rings. The molecule has 144 valence electrons. The number of benzene rings is 1. The Hall–Kier alpha value is -1.65. The van der Waals surface area contributed by atoms with Gasteiger partial charge in [-0.1, -0.05) is 89.3 Å². The van der Waals surface area contributed by atoms with Crippen molar-refractivity contribution in [2.75, 3.05) is 0 Å². The van der Waals surface area contributed by atoms with E-state index in [-0.39, 0.29) is 4.90 Å². The van der Waals surface area contributed by atoms with E-state index in [0.29, 0.717) is 11.1 Å². The zero-order valence-electron chi connectivity index (χ0n) is 15.9. The molecule has 1 aromatic carbocycles. The van der Waals surface area contributed by atoms with E-state index in [9.17, 15) is 13.0 Å². The molecule has 0 aromatic heterocycles.